The second kappa shape index (κ2) is 8.45. The first-order valence-electron chi connectivity index (χ1n) is 9.13. The first-order valence-corrected chi connectivity index (χ1v) is 10.7. The van der Waals surface area contributed by atoms with Gasteiger partial charge in [-0.3, -0.25) is 9.59 Å². The number of rotatable bonds is 5. The molecule has 8 nitrogen and oxygen atoms in total. The molecular weight excluding hydrogens is 465 g/mol. The lowest BCUT2D eigenvalue weighted by molar-refractivity contribution is -0.161. The van der Waals surface area contributed by atoms with Crippen LogP contribution in [0.4, 0.5) is 13.2 Å². The van der Waals surface area contributed by atoms with Crippen molar-refractivity contribution in [3.05, 3.63) is 71.4 Å². The third-order valence-corrected chi connectivity index (χ3v) is 5.77. The van der Waals surface area contributed by atoms with Crippen LogP contribution in [0.15, 0.2) is 59.8 Å². The summed E-state index contributed by atoms with van der Waals surface area (Å²) in [6, 6.07) is 6.52. The maximum absolute atomic E-state index is 13.0. The van der Waals surface area contributed by atoms with Gasteiger partial charge in [-0.25, -0.2) is 18.5 Å². The van der Waals surface area contributed by atoms with Gasteiger partial charge in [0.05, 0.1) is 19.8 Å². The molecular formula is C21H17F3N2O6S. The number of benzene rings is 1. The first kappa shape index (κ1) is 24.1. The van der Waals surface area contributed by atoms with Gasteiger partial charge < -0.3 is 9.47 Å². The van der Waals surface area contributed by atoms with Gasteiger partial charge in [0.25, 0.3) is 10.0 Å². The Kier molecular flexibility index (Phi) is 6.18. The van der Waals surface area contributed by atoms with Crippen molar-refractivity contribution in [1.82, 2.24) is 4.98 Å². The molecule has 0 radical (unpaired) electrons. The van der Waals surface area contributed by atoms with Crippen LogP contribution in [-0.4, -0.2) is 39.6 Å². The van der Waals surface area contributed by atoms with E-state index in [0.717, 1.165) is 38.6 Å². The predicted molar refractivity (Wildman–Crippen MR) is 109 cm³/mol. The van der Waals surface area contributed by atoms with Gasteiger partial charge in [0.15, 0.2) is 5.03 Å². The fraction of sp³-hybridized carbons (Fsp3) is 0.190. The number of alkyl halides is 3. The highest BCUT2D eigenvalue weighted by molar-refractivity contribution is 7.89. The van der Waals surface area contributed by atoms with E-state index in [1.165, 1.54) is 30.4 Å². The van der Waals surface area contributed by atoms with Crippen molar-refractivity contribution in [2.45, 2.75) is 11.2 Å². The van der Waals surface area contributed by atoms with Gasteiger partial charge in [0, 0.05) is 11.8 Å². The maximum Gasteiger partial charge on any atom is 0.416 e. The van der Waals surface area contributed by atoms with Crippen molar-refractivity contribution >= 4 is 33.1 Å². The summed E-state index contributed by atoms with van der Waals surface area (Å²) in [6.07, 6.45) is -0.966. The minimum absolute atomic E-state index is 0.213. The first-order chi connectivity index (χ1) is 15.3. The Morgan fingerprint density at radius 3 is 1.79 bits per heavy atom. The summed E-state index contributed by atoms with van der Waals surface area (Å²) in [4.78, 5) is 29.0. The van der Waals surface area contributed by atoms with Crippen LogP contribution in [0.25, 0.3) is 11.1 Å². The molecule has 1 heterocycles. The number of sulfonamides is 1. The van der Waals surface area contributed by atoms with Crippen molar-refractivity contribution in [2.75, 3.05) is 14.2 Å². The molecule has 0 atom stereocenters. The van der Waals surface area contributed by atoms with E-state index in [1.54, 1.807) is 0 Å². The number of hydrogen-bond acceptors (Lipinski definition) is 7. The molecule has 2 aromatic rings. The Hall–Kier alpha value is -3.51. The smallest absolute Gasteiger partial charge is 0.416 e. The molecule has 0 unspecified atom stereocenters. The molecule has 0 spiro atoms. The van der Waals surface area contributed by atoms with E-state index in [9.17, 15) is 31.2 Å². The second-order valence-electron chi connectivity index (χ2n) is 6.97. The topological polar surface area (TPSA) is 126 Å². The molecule has 12 heteroatoms. The van der Waals surface area contributed by atoms with E-state index >= 15 is 0 Å². The lowest BCUT2D eigenvalue weighted by Crippen LogP contribution is -2.36. The summed E-state index contributed by atoms with van der Waals surface area (Å²) in [7, 11) is -1.96. The van der Waals surface area contributed by atoms with Crippen LogP contribution in [0, 0.1) is 5.41 Å². The molecule has 0 fully saturated rings. The Labute approximate surface area is 186 Å². The lowest BCUT2D eigenvalue weighted by Gasteiger charge is -2.18. The third-order valence-electron chi connectivity index (χ3n) is 4.94. The maximum atomic E-state index is 13.0. The van der Waals surface area contributed by atoms with E-state index in [4.69, 9.17) is 14.6 Å². The van der Waals surface area contributed by atoms with Crippen LogP contribution in [0.3, 0.4) is 0 Å². The monoisotopic (exact) mass is 482 g/mol. The number of carbonyl (C=O) groups excluding carboxylic acids is 2. The summed E-state index contributed by atoms with van der Waals surface area (Å²) in [6.45, 7) is 0. The number of halogens is 3. The zero-order chi connectivity index (χ0) is 24.6. The van der Waals surface area contributed by atoms with Crippen LogP contribution in [-0.2, 0) is 35.3 Å². The summed E-state index contributed by atoms with van der Waals surface area (Å²) < 4.78 is 71.5. The summed E-state index contributed by atoms with van der Waals surface area (Å²) >= 11 is 0. The van der Waals surface area contributed by atoms with Gasteiger partial charge >= 0.3 is 18.1 Å². The van der Waals surface area contributed by atoms with Gasteiger partial charge in [0.2, 0.25) is 5.41 Å². The number of hydrogen-bond donors (Lipinski definition) is 1. The number of carbonyl (C=O) groups is 2. The fourth-order valence-electron chi connectivity index (χ4n) is 3.33. The second-order valence-corrected chi connectivity index (χ2v) is 8.48. The zero-order valence-electron chi connectivity index (χ0n) is 17.2. The Balaban J connectivity index is 2.22. The summed E-state index contributed by atoms with van der Waals surface area (Å²) in [5, 5.41) is 4.64. The highest BCUT2D eigenvalue weighted by atomic mass is 32.2. The van der Waals surface area contributed by atoms with Gasteiger partial charge in [-0.1, -0.05) is 12.1 Å². The van der Waals surface area contributed by atoms with Crippen LogP contribution >= 0.6 is 0 Å². The molecule has 0 aliphatic heterocycles. The van der Waals surface area contributed by atoms with Crippen molar-refractivity contribution in [3.63, 3.8) is 0 Å². The van der Waals surface area contributed by atoms with E-state index in [1.807, 2.05) is 0 Å². The number of allylic oxidation sites excluding steroid dienone is 2. The SMILES string of the molecule is COC(=O)C1(C(=O)OC)C=C(c2ccc(C(F)(F)F)cc2)C(c2ccc(S(N)(=O)=O)nc2)=C1. The van der Waals surface area contributed by atoms with Crippen molar-refractivity contribution in [3.8, 4) is 0 Å². The van der Waals surface area contributed by atoms with Crippen molar-refractivity contribution < 1.29 is 40.7 Å². The van der Waals surface area contributed by atoms with Gasteiger partial charge in [-0.05, 0) is 53.1 Å². The number of primary sulfonamides is 1. The molecule has 0 saturated heterocycles. The van der Waals surface area contributed by atoms with Gasteiger partial charge in [-0.2, -0.15) is 13.2 Å². The molecule has 1 aliphatic carbocycles. The number of ether oxygens (including phenoxy) is 2. The molecule has 1 aromatic heterocycles. The van der Waals surface area contributed by atoms with Gasteiger partial charge in [-0.15, -0.1) is 0 Å². The lowest BCUT2D eigenvalue weighted by atomic mass is 9.89. The molecule has 0 saturated carbocycles. The highest BCUT2D eigenvalue weighted by Gasteiger charge is 2.49. The predicted octanol–water partition coefficient (Wildman–Crippen LogP) is 2.56. The number of esters is 2. The molecule has 0 amide bonds. The van der Waals surface area contributed by atoms with Crippen LogP contribution in [0.1, 0.15) is 16.7 Å². The molecule has 1 aromatic carbocycles. The average Bonchev–Trinajstić information content (AvgIpc) is 3.19. The van der Waals surface area contributed by atoms with Crippen LogP contribution < -0.4 is 5.14 Å². The Morgan fingerprint density at radius 1 is 0.909 bits per heavy atom. The van der Waals surface area contributed by atoms with Crippen molar-refractivity contribution in [1.29, 1.82) is 0 Å². The summed E-state index contributed by atoms with van der Waals surface area (Å²) in [5.74, 6) is -1.97. The van der Waals surface area contributed by atoms with E-state index in [-0.39, 0.29) is 22.3 Å². The molecule has 33 heavy (non-hydrogen) atoms. The minimum atomic E-state index is -4.56. The third kappa shape index (κ3) is 4.52. The Bertz CT molecular complexity index is 1250. The van der Waals surface area contributed by atoms with Crippen LogP contribution in [0.2, 0.25) is 0 Å². The quantitative estimate of drug-likeness (QED) is 0.513. The van der Waals surface area contributed by atoms with Gasteiger partial charge in [0.1, 0.15) is 0 Å². The number of nitrogens with two attached hydrogens (primary N) is 1. The molecule has 1 aliphatic rings. The molecule has 2 N–H and O–H groups in total. The number of aromatic nitrogens is 1. The molecule has 0 bridgehead atoms. The highest BCUT2D eigenvalue weighted by Crippen LogP contribution is 2.46. The fourth-order valence-corrected chi connectivity index (χ4v) is 3.79. The van der Waals surface area contributed by atoms with Crippen molar-refractivity contribution in [2.24, 2.45) is 10.6 Å². The number of methoxy groups -OCH3 is 2. The standard InChI is InChI=1S/C21H17F3N2O6S/c1-31-18(27)20(19(28)32-2)9-15(12-3-6-14(7-4-12)21(22,23)24)16(10-20)13-5-8-17(26-11-13)33(25,29)30/h3-11H,1-2H3,(H2,25,29,30). The van der Waals surface area contributed by atoms with E-state index < -0.39 is 44.1 Å². The number of nitrogens with zero attached hydrogens (tertiary/aromatic N) is 1. The number of pyridine rings is 1. The Morgan fingerprint density at radius 2 is 1.39 bits per heavy atom. The van der Waals surface area contributed by atoms with E-state index in [0.29, 0.717) is 0 Å². The largest absolute Gasteiger partial charge is 0.468 e. The molecule has 174 valence electrons. The van der Waals surface area contributed by atoms with E-state index in [2.05, 4.69) is 4.98 Å². The van der Waals surface area contributed by atoms with Crippen LogP contribution in [0.5, 0.6) is 0 Å². The zero-order valence-corrected chi connectivity index (χ0v) is 18.0. The average molecular weight is 482 g/mol. The normalized spacial score (nSPS) is 15.5. The summed E-state index contributed by atoms with van der Waals surface area (Å²) in [5.41, 5.74) is -1.96. The minimum Gasteiger partial charge on any atom is -0.468 e. The molecule has 3 rings (SSSR count).